The number of hydrogen-bond acceptors (Lipinski definition) is 3. The highest BCUT2D eigenvalue weighted by Gasteiger charge is 2.28. The average Bonchev–Trinajstić information content (AvgIpc) is 2.66. The normalized spacial score (nSPS) is 13.5. The van der Waals surface area contributed by atoms with E-state index in [2.05, 4.69) is 25.4 Å². The first kappa shape index (κ1) is 21.2. The van der Waals surface area contributed by atoms with E-state index >= 15 is 0 Å². The molecule has 0 saturated carbocycles. The van der Waals surface area contributed by atoms with E-state index in [0.717, 1.165) is 54.9 Å². The van der Waals surface area contributed by atoms with Crippen LogP contribution in [0.3, 0.4) is 0 Å². The van der Waals surface area contributed by atoms with Crippen molar-refractivity contribution >= 4 is 11.6 Å². The number of unbranched alkanes of at least 4 members (excludes halogenated alkanes) is 2. The lowest BCUT2D eigenvalue weighted by atomic mass is 9.90. The second-order valence-electron chi connectivity index (χ2n) is 7.20. The highest BCUT2D eigenvalue weighted by molar-refractivity contribution is 5.97. The van der Waals surface area contributed by atoms with Gasteiger partial charge in [-0.3, -0.25) is 4.79 Å². The van der Waals surface area contributed by atoms with Crippen molar-refractivity contribution in [1.29, 1.82) is 0 Å². The maximum Gasteiger partial charge on any atom is 0.227 e. The lowest BCUT2D eigenvalue weighted by Gasteiger charge is -2.32. The average molecular weight is 371 g/mol. The Morgan fingerprint density at radius 2 is 1.89 bits per heavy atom. The summed E-state index contributed by atoms with van der Waals surface area (Å²) in [6.45, 7) is 12.6. The van der Waals surface area contributed by atoms with Crippen LogP contribution in [0.15, 0.2) is 31.4 Å². The number of carbonyl (C=O) groups is 1. The third kappa shape index (κ3) is 5.46. The summed E-state index contributed by atoms with van der Waals surface area (Å²) in [5, 5.41) is 14.1. The number of allylic oxidation sites excluding steroid dienone is 2. The molecule has 4 heteroatoms. The van der Waals surface area contributed by atoms with E-state index in [0.29, 0.717) is 31.4 Å². The van der Waals surface area contributed by atoms with Gasteiger partial charge in [0.15, 0.2) is 0 Å². The molecule has 0 aliphatic carbocycles. The van der Waals surface area contributed by atoms with E-state index in [4.69, 9.17) is 0 Å². The fourth-order valence-electron chi connectivity index (χ4n) is 3.70. The molecule has 0 saturated heterocycles. The van der Waals surface area contributed by atoms with Crippen LogP contribution in [-0.4, -0.2) is 30.6 Å². The minimum Gasteiger partial charge on any atom is -0.507 e. The summed E-state index contributed by atoms with van der Waals surface area (Å²) in [6, 6.07) is 1.98. The van der Waals surface area contributed by atoms with Crippen LogP contribution in [0.2, 0.25) is 0 Å². The zero-order chi connectivity index (χ0) is 19.6. The van der Waals surface area contributed by atoms with Crippen molar-refractivity contribution in [2.45, 2.75) is 58.3 Å². The zero-order valence-corrected chi connectivity index (χ0v) is 16.7. The molecule has 0 unspecified atom stereocenters. The number of nitrogens with one attached hydrogen (secondary N) is 1. The fourth-order valence-corrected chi connectivity index (χ4v) is 3.70. The number of phenolic OH excluding ortho intramolecular Hbond substituents is 1. The highest BCUT2D eigenvalue weighted by atomic mass is 16.3. The maximum absolute atomic E-state index is 12.6. The van der Waals surface area contributed by atoms with Crippen molar-refractivity contribution in [3.05, 3.63) is 48.1 Å². The summed E-state index contributed by atoms with van der Waals surface area (Å²) >= 11 is 0. The largest absolute Gasteiger partial charge is 0.507 e. The first-order valence-electron chi connectivity index (χ1n) is 10.2. The second kappa shape index (κ2) is 10.9. The number of fused-ring (bicyclic) bond motifs is 1. The van der Waals surface area contributed by atoms with Crippen LogP contribution >= 0.6 is 0 Å². The van der Waals surface area contributed by atoms with Gasteiger partial charge in [0.1, 0.15) is 5.75 Å². The van der Waals surface area contributed by atoms with Crippen molar-refractivity contribution in [2.24, 2.45) is 0 Å². The number of rotatable bonds is 12. The summed E-state index contributed by atoms with van der Waals surface area (Å²) in [5.41, 5.74) is 3.82. The standard InChI is InChI=1S/C23H34N2O2/c1-4-7-14-24-15-8-9-16-25-21-17-18(10-5-2)23(27)20(11-6-3)19(21)12-13-22(25)26/h5-6,17,24,27H,2-4,7-16H2,1H3. The zero-order valence-electron chi connectivity index (χ0n) is 16.7. The number of benzene rings is 1. The molecule has 1 aliphatic rings. The molecule has 4 nitrogen and oxygen atoms in total. The number of anilines is 1. The van der Waals surface area contributed by atoms with Gasteiger partial charge in [0.25, 0.3) is 0 Å². The molecule has 1 aromatic carbocycles. The van der Waals surface area contributed by atoms with Gasteiger partial charge in [-0.15, -0.1) is 13.2 Å². The molecule has 2 N–H and O–H groups in total. The lowest BCUT2D eigenvalue weighted by molar-refractivity contribution is -0.118. The molecule has 1 amide bonds. The molecule has 2 rings (SSSR count). The van der Waals surface area contributed by atoms with Gasteiger partial charge in [-0.05, 0) is 68.8 Å². The summed E-state index contributed by atoms with van der Waals surface area (Å²) in [5.74, 6) is 0.518. The summed E-state index contributed by atoms with van der Waals surface area (Å²) in [4.78, 5) is 14.5. The van der Waals surface area contributed by atoms with Crippen LogP contribution < -0.4 is 10.2 Å². The molecule has 0 bridgehead atoms. The first-order valence-corrected chi connectivity index (χ1v) is 10.2. The topological polar surface area (TPSA) is 52.6 Å². The Morgan fingerprint density at radius 3 is 2.59 bits per heavy atom. The smallest absolute Gasteiger partial charge is 0.227 e. The Kier molecular flexibility index (Phi) is 8.59. The van der Waals surface area contributed by atoms with E-state index < -0.39 is 0 Å². The molecule has 1 aliphatic heterocycles. The molecule has 148 valence electrons. The minimum absolute atomic E-state index is 0.182. The SMILES string of the molecule is C=CCc1cc2c(c(CC=C)c1O)CCC(=O)N2CCCCNCCCC. The molecule has 0 fully saturated rings. The van der Waals surface area contributed by atoms with E-state index in [1.807, 2.05) is 17.0 Å². The predicted molar refractivity (Wildman–Crippen MR) is 114 cm³/mol. The number of carbonyl (C=O) groups excluding carboxylic acids is 1. The number of hydrogen-bond donors (Lipinski definition) is 2. The Bertz CT molecular complexity index is 667. The predicted octanol–water partition coefficient (Wildman–Crippen LogP) is 4.30. The fraction of sp³-hybridized carbons (Fsp3) is 0.522. The summed E-state index contributed by atoms with van der Waals surface area (Å²) in [7, 11) is 0. The molecule has 1 heterocycles. The molecule has 0 radical (unpaired) electrons. The van der Waals surface area contributed by atoms with Gasteiger partial charge in [-0.2, -0.15) is 0 Å². The van der Waals surface area contributed by atoms with Crippen LogP contribution in [0.4, 0.5) is 5.69 Å². The number of amides is 1. The first-order chi connectivity index (χ1) is 13.1. The molecular weight excluding hydrogens is 336 g/mol. The third-order valence-corrected chi connectivity index (χ3v) is 5.16. The van der Waals surface area contributed by atoms with Crippen molar-refractivity contribution in [2.75, 3.05) is 24.5 Å². The van der Waals surface area contributed by atoms with Crippen molar-refractivity contribution < 1.29 is 9.90 Å². The van der Waals surface area contributed by atoms with Gasteiger partial charge >= 0.3 is 0 Å². The monoisotopic (exact) mass is 370 g/mol. The Morgan fingerprint density at radius 1 is 1.15 bits per heavy atom. The van der Waals surface area contributed by atoms with E-state index in [1.165, 1.54) is 12.8 Å². The third-order valence-electron chi connectivity index (χ3n) is 5.16. The van der Waals surface area contributed by atoms with Crippen LogP contribution in [0.5, 0.6) is 5.75 Å². The van der Waals surface area contributed by atoms with Crippen molar-refractivity contribution in [3.8, 4) is 5.75 Å². The van der Waals surface area contributed by atoms with Gasteiger partial charge in [0.2, 0.25) is 5.91 Å². The minimum atomic E-state index is 0.182. The Labute approximate surface area is 164 Å². The van der Waals surface area contributed by atoms with Gasteiger partial charge in [-0.25, -0.2) is 0 Å². The maximum atomic E-state index is 12.6. The quantitative estimate of drug-likeness (QED) is 0.426. The summed E-state index contributed by atoms with van der Waals surface area (Å²) < 4.78 is 0. The van der Waals surface area contributed by atoms with Crippen molar-refractivity contribution in [3.63, 3.8) is 0 Å². The summed E-state index contributed by atoms with van der Waals surface area (Å²) in [6.07, 6.45) is 10.4. The van der Waals surface area contributed by atoms with Crippen LogP contribution in [0.1, 0.15) is 55.7 Å². The highest BCUT2D eigenvalue weighted by Crippen LogP contribution is 2.39. The van der Waals surface area contributed by atoms with Crippen LogP contribution in [0.25, 0.3) is 0 Å². The Balaban J connectivity index is 2.15. The van der Waals surface area contributed by atoms with Crippen LogP contribution in [-0.2, 0) is 24.1 Å². The van der Waals surface area contributed by atoms with E-state index in [-0.39, 0.29) is 5.91 Å². The molecular formula is C23H34N2O2. The second-order valence-corrected chi connectivity index (χ2v) is 7.20. The number of nitrogens with zero attached hydrogens (tertiary/aromatic N) is 1. The number of phenols is 1. The van der Waals surface area contributed by atoms with Gasteiger partial charge in [-0.1, -0.05) is 25.5 Å². The van der Waals surface area contributed by atoms with E-state index in [1.54, 1.807) is 6.08 Å². The molecule has 0 spiro atoms. The number of aromatic hydroxyl groups is 1. The molecule has 0 aromatic heterocycles. The van der Waals surface area contributed by atoms with Gasteiger partial charge in [0.05, 0.1) is 0 Å². The molecule has 0 atom stereocenters. The molecule has 1 aromatic rings. The Hall–Kier alpha value is -2.07. The van der Waals surface area contributed by atoms with Gasteiger partial charge < -0.3 is 15.3 Å². The van der Waals surface area contributed by atoms with Gasteiger partial charge in [0, 0.05) is 24.2 Å². The van der Waals surface area contributed by atoms with Crippen molar-refractivity contribution in [1.82, 2.24) is 5.32 Å². The van der Waals surface area contributed by atoms with Crippen LogP contribution in [0, 0.1) is 0 Å². The van der Waals surface area contributed by atoms with E-state index in [9.17, 15) is 9.90 Å². The molecule has 27 heavy (non-hydrogen) atoms. The lowest BCUT2D eigenvalue weighted by Crippen LogP contribution is -2.36.